The summed E-state index contributed by atoms with van der Waals surface area (Å²) in [6.45, 7) is 4.19. The molecule has 140 valence electrons. The average Bonchev–Trinajstić information content (AvgIpc) is 2.67. The monoisotopic (exact) mass is 383 g/mol. The summed E-state index contributed by atoms with van der Waals surface area (Å²) in [4.78, 5) is 28.2. The Morgan fingerprint density at radius 1 is 1.30 bits per heavy atom. The number of pyridine rings is 1. The molecule has 0 spiro atoms. The Morgan fingerprint density at radius 2 is 2.04 bits per heavy atom. The van der Waals surface area contributed by atoms with Gasteiger partial charge in [0.25, 0.3) is 0 Å². The third kappa shape index (κ3) is 6.12. The van der Waals surface area contributed by atoms with Crippen molar-refractivity contribution in [2.75, 3.05) is 18.9 Å². The molecule has 0 fully saturated rings. The van der Waals surface area contributed by atoms with Gasteiger partial charge < -0.3 is 10.1 Å². The number of esters is 1. The number of thioether (sulfide) groups is 1. The van der Waals surface area contributed by atoms with Crippen LogP contribution in [0.15, 0.2) is 41.4 Å². The van der Waals surface area contributed by atoms with Crippen LogP contribution in [-0.4, -0.2) is 35.8 Å². The minimum atomic E-state index is -0.505. The van der Waals surface area contributed by atoms with Crippen LogP contribution in [0.25, 0.3) is 0 Å². The second-order valence-corrected chi connectivity index (χ2v) is 6.64. The van der Waals surface area contributed by atoms with Gasteiger partial charge in [-0.2, -0.15) is 5.26 Å². The molecule has 7 heteroatoms. The number of hydrogen-bond donors (Lipinski definition) is 1. The Hall–Kier alpha value is -2.85. The number of aromatic nitrogens is 1. The molecule has 0 aliphatic rings. The first-order valence-electron chi connectivity index (χ1n) is 8.57. The third-order valence-electron chi connectivity index (χ3n) is 3.71. The number of carbonyl (C=O) groups is 2. The van der Waals surface area contributed by atoms with Gasteiger partial charge in [-0.05, 0) is 31.9 Å². The van der Waals surface area contributed by atoms with Gasteiger partial charge in [0.1, 0.15) is 11.1 Å². The maximum absolute atomic E-state index is 12.0. The summed E-state index contributed by atoms with van der Waals surface area (Å²) in [5, 5.41) is 12.6. The van der Waals surface area contributed by atoms with Crippen molar-refractivity contribution in [3.05, 3.63) is 58.8 Å². The Morgan fingerprint density at radius 3 is 2.70 bits per heavy atom. The summed E-state index contributed by atoms with van der Waals surface area (Å²) < 4.78 is 4.97. The number of amides is 1. The van der Waals surface area contributed by atoms with Crippen molar-refractivity contribution in [2.24, 2.45) is 0 Å². The number of nitrogens with zero attached hydrogens (tertiary/aromatic N) is 2. The molecule has 2 rings (SSSR count). The molecule has 1 N–H and O–H groups in total. The van der Waals surface area contributed by atoms with Gasteiger partial charge in [-0.15, -0.1) is 0 Å². The van der Waals surface area contributed by atoms with E-state index >= 15 is 0 Å². The van der Waals surface area contributed by atoms with E-state index in [1.807, 2.05) is 36.4 Å². The van der Waals surface area contributed by atoms with Crippen LogP contribution in [0.4, 0.5) is 0 Å². The molecule has 1 aromatic carbocycles. The van der Waals surface area contributed by atoms with Crippen LogP contribution in [-0.2, 0) is 16.0 Å². The van der Waals surface area contributed by atoms with Gasteiger partial charge in [-0.3, -0.25) is 4.79 Å². The second-order valence-electron chi connectivity index (χ2n) is 5.68. The molecular formula is C20H21N3O3S. The van der Waals surface area contributed by atoms with E-state index in [0.717, 1.165) is 12.0 Å². The summed E-state index contributed by atoms with van der Waals surface area (Å²) in [6.07, 6.45) is 0.756. The van der Waals surface area contributed by atoms with Crippen LogP contribution < -0.4 is 5.32 Å². The third-order valence-corrected chi connectivity index (χ3v) is 4.70. The van der Waals surface area contributed by atoms with E-state index in [9.17, 15) is 14.9 Å². The average molecular weight is 383 g/mol. The lowest BCUT2D eigenvalue weighted by Gasteiger charge is -2.09. The van der Waals surface area contributed by atoms with E-state index in [-0.39, 0.29) is 29.4 Å². The molecule has 0 saturated carbocycles. The van der Waals surface area contributed by atoms with Crippen molar-refractivity contribution >= 4 is 23.6 Å². The largest absolute Gasteiger partial charge is 0.462 e. The molecule has 1 heterocycles. The highest BCUT2D eigenvalue weighted by atomic mass is 32.2. The fourth-order valence-electron chi connectivity index (χ4n) is 2.36. The lowest BCUT2D eigenvalue weighted by atomic mass is 10.1. The quantitative estimate of drug-likeness (QED) is 0.557. The molecule has 0 aliphatic carbocycles. The van der Waals surface area contributed by atoms with Crippen molar-refractivity contribution in [3.63, 3.8) is 0 Å². The first kappa shape index (κ1) is 20.5. The number of benzene rings is 1. The first-order valence-corrected chi connectivity index (χ1v) is 9.56. The number of hydrogen-bond acceptors (Lipinski definition) is 6. The lowest BCUT2D eigenvalue weighted by Crippen LogP contribution is -2.27. The van der Waals surface area contributed by atoms with Crippen molar-refractivity contribution in [2.45, 2.75) is 25.3 Å². The Kier molecular flexibility index (Phi) is 7.83. The highest BCUT2D eigenvalue weighted by molar-refractivity contribution is 8.00. The summed E-state index contributed by atoms with van der Waals surface area (Å²) in [5.41, 5.74) is 2.15. The second kappa shape index (κ2) is 10.3. The highest BCUT2D eigenvalue weighted by Crippen LogP contribution is 2.23. The molecule has 27 heavy (non-hydrogen) atoms. The first-order chi connectivity index (χ1) is 13.0. The Labute approximate surface area is 162 Å². The number of ether oxygens (including phenoxy) is 1. The minimum absolute atomic E-state index is 0.131. The smallest absolute Gasteiger partial charge is 0.340 e. The minimum Gasteiger partial charge on any atom is -0.462 e. The normalized spacial score (nSPS) is 10.1. The van der Waals surface area contributed by atoms with Gasteiger partial charge in [0, 0.05) is 6.54 Å². The summed E-state index contributed by atoms with van der Waals surface area (Å²) in [7, 11) is 0. The van der Waals surface area contributed by atoms with E-state index < -0.39 is 5.97 Å². The molecule has 6 nitrogen and oxygen atoms in total. The fraction of sp³-hybridized carbons (Fsp3) is 0.300. The molecule has 0 aliphatic heterocycles. The maximum atomic E-state index is 12.0. The zero-order valence-electron chi connectivity index (χ0n) is 15.3. The van der Waals surface area contributed by atoms with Crippen molar-refractivity contribution in [1.82, 2.24) is 10.3 Å². The van der Waals surface area contributed by atoms with E-state index in [1.54, 1.807) is 13.8 Å². The van der Waals surface area contributed by atoms with Crippen molar-refractivity contribution in [3.8, 4) is 6.07 Å². The molecule has 0 bridgehead atoms. The van der Waals surface area contributed by atoms with E-state index in [4.69, 9.17) is 4.74 Å². The molecule has 0 atom stereocenters. The SMILES string of the molecule is CCOC(=O)c1cc(C#N)c(SCC(=O)NCCc2ccccc2)nc1C. The van der Waals surface area contributed by atoms with Crippen molar-refractivity contribution in [1.29, 1.82) is 5.26 Å². The molecule has 1 aromatic heterocycles. The lowest BCUT2D eigenvalue weighted by molar-refractivity contribution is -0.118. The van der Waals surface area contributed by atoms with E-state index in [2.05, 4.69) is 10.3 Å². The summed E-state index contributed by atoms with van der Waals surface area (Å²) in [6, 6.07) is 13.4. The highest BCUT2D eigenvalue weighted by Gasteiger charge is 2.17. The number of nitriles is 1. The van der Waals surface area contributed by atoms with Gasteiger partial charge in [0.05, 0.1) is 29.2 Å². The Bertz CT molecular complexity index is 848. The summed E-state index contributed by atoms with van der Waals surface area (Å²) >= 11 is 1.18. The topological polar surface area (TPSA) is 92.1 Å². The Balaban J connectivity index is 1.92. The molecule has 0 radical (unpaired) electrons. The standard InChI is InChI=1S/C20H21N3O3S/c1-3-26-20(25)17-11-16(12-21)19(23-14(17)2)27-13-18(24)22-10-9-15-7-5-4-6-8-15/h4-8,11H,3,9-10,13H2,1-2H3,(H,22,24). The number of carbonyl (C=O) groups excluding carboxylic acids is 2. The van der Waals surface area contributed by atoms with Gasteiger partial charge in [0.2, 0.25) is 5.91 Å². The van der Waals surface area contributed by atoms with Gasteiger partial charge in [-0.25, -0.2) is 9.78 Å². The van der Waals surface area contributed by atoms with Crippen LogP contribution in [0.2, 0.25) is 0 Å². The van der Waals surface area contributed by atoms with Crippen LogP contribution in [0.3, 0.4) is 0 Å². The van der Waals surface area contributed by atoms with Gasteiger partial charge in [-0.1, -0.05) is 42.1 Å². The molecule has 1 amide bonds. The van der Waals surface area contributed by atoms with Crippen LogP contribution >= 0.6 is 11.8 Å². The predicted octanol–water partition coefficient (Wildman–Crippen LogP) is 2.89. The fourth-order valence-corrected chi connectivity index (χ4v) is 3.20. The number of rotatable bonds is 8. The zero-order chi connectivity index (χ0) is 19.6. The molecule has 0 unspecified atom stereocenters. The summed E-state index contributed by atoms with van der Waals surface area (Å²) in [5.74, 6) is -0.489. The van der Waals surface area contributed by atoms with Crippen LogP contribution in [0.5, 0.6) is 0 Å². The van der Waals surface area contributed by atoms with Crippen molar-refractivity contribution < 1.29 is 14.3 Å². The van der Waals surface area contributed by atoms with Crippen LogP contribution in [0, 0.1) is 18.3 Å². The van der Waals surface area contributed by atoms with Gasteiger partial charge in [0.15, 0.2) is 0 Å². The van der Waals surface area contributed by atoms with E-state index in [1.165, 1.54) is 17.8 Å². The van der Waals surface area contributed by atoms with Crippen LogP contribution in [0.1, 0.15) is 34.1 Å². The number of nitrogens with one attached hydrogen (secondary N) is 1. The molecule has 2 aromatic rings. The predicted molar refractivity (Wildman–Crippen MR) is 104 cm³/mol. The maximum Gasteiger partial charge on any atom is 0.340 e. The van der Waals surface area contributed by atoms with E-state index in [0.29, 0.717) is 17.3 Å². The number of aryl methyl sites for hydroxylation is 1. The molecule has 0 saturated heterocycles. The zero-order valence-corrected chi connectivity index (χ0v) is 16.1. The molecular weight excluding hydrogens is 362 g/mol. The van der Waals surface area contributed by atoms with Gasteiger partial charge >= 0.3 is 5.97 Å².